The van der Waals surface area contributed by atoms with Gasteiger partial charge in [0.1, 0.15) is 6.10 Å². The highest BCUT2D eigenvalue weighted by molar-refractivity contribution is 7.91. The van der Waals surface area contributed by atoms with Gasteiger partial charge in [-0.15, -0.1) is 0 Å². The maximum atomic E-state index is 14.5. The van der Waals surface area contributed by atoms with Crippen molar-refractivity contribution in [1.29, 1.82) is 0 Å². The summed E-state index contributed by atoms with van der Waals surface area (Å²) in [4.78, 5) is 0.173. The van der Waals surface area contributed by atoms with E-state index < -0.39 is 81.9 Å². The van der Waals surface area contributed by atoms with Gasteiger partial charge in [0, 0.05) is 11.8 Å². The summed E-state index contributed by atoms with van der Waals surface area (Å²) in [6.07, 6.45) is -1.02. The van der Waals surface area contributed by atoms with Crippen molar-refractivity contribution in [3.8, 4) is 0 Å². The average molecular weight is 968 g/mol. The van der Waals surface area contributed by atoms with E-state index in [4.69, 9.17) is 27.5 Å². The molecule has 0 amide bonds. The topological polar surface area (TPSA) is 110 Å². The Balaban J connectivity index is 1.83. The van der Waals surface area contributed by atoms with E-state index in [-0.39, 0.29) is 32.7 Å². The van der Waals surface area contributed by atoms with Crippen molar-refractivity contribution < 1.29 is 41.0 Å². The molecule has 2 aliphatic rings. The molecular formula is C52H82O9SSi3. The van der Waals surface area contributed by atoms with Gasteiger partial charge in [0.05, 0.1) is 41.7 Å². The molecule has 0 aliphatic carbocycles. The quantitative estimate of drug-likeness (QED) is 0.118. The summed E-state index contributed by atoms with van der Waals surface area (Å²) in [6.45, 7) is 38.2. The molecule has 13 heteroatoms. The number of sulfone groups is 1. The van der Waals surface area contributed by atoms with Crippen molar-refractivity contribution in [2.45, 2.75) is 192 Å². The van der Waals surface area contributed by atoms with Crippen LogP contribution in [0.25, 0.3) is 0 Å². The Kier molecular flexibility index (Phi) is 15.6. The smallest absolute Gasteiger partial charge is 0.261 e. The van der Waals surface area contributed by atoms with Crippen LogP contribution >= 0.6 is 0 Å². The molecule has 362 valence electrons. The zero-order chi connectivity index (χ0) is 48.9. The van der Waals surface area contributed by atoms with E-state index in [1.807, 2.05) is 32.9 Å². The van der Waals surface area contributed by atoms with Gasteiger partial charge >= 0.3 is 0 Å². The summed E-state index contributed by atoms with van der Waals surface area (Å²) in [7, 11) is -12.4. The molecule has 0 bridgehead atoms. The van der Waals surface area contributed by atoms with Crippen LogP contribution in [-0.2, 0) is 37.3 Å². The van der Waals surface area contributed by atoms with E-state index in [1.54, 1.807) is 44.2 Å². The van der Waals surface area contributed by atoms with Crippen LogP contribution in [0.3, 0.4) is 0 Å². The van der Waals surface area contributed by atoms with Crippen LogP contribution in [-0.4, -0.2) is 92.9 Å². The normalized spacial score (nSPS) is 25.8. The highest BCUT2D eigenvalue weighted by Gasteiger charge is 2.64. The summed E-state index contributed by atoms with van der Waals surface area (Å²) >= 11 is 0. The van der Waals surface area contributed by atoms with Crippen molar-refractivity contribution in [1.82, 2.24) is 0 Å². The van der Waals surface area contributed by atoms with Gasteiger partial charge in [-0.05, 0) is 90.2 Å². The first-order valence-corrected chi connectivity index (χ1v) is 32.8. The SMILES string of the molecule is C[C@H]1OC(C)(C)O[C@@H]1C[C@H]1OC(O)(C(C)(C)CS(=O)(=O)c2ccccc2)[C@@H](O[Si](C)(C)C(C)(C)C)/C(=C/CO[Si](c2ccccc2)(c2ccccc2)C(C)(C)C)[C@@H]1O[Si](C)(C)C(C)(C)C. The minimum atomic E-state index is -3.95. The van der Waals surface area contributed by atoms with Crippen molar-refractivity contribution in [3.05, 3.63) is 103 Å². The Morgan fingerprint density at radius 1 is 0.662 bits per heavy atom. The molecule has 65 heavy (non-hydrogen) atoms. The Morgan fingerprint density at radius 3 is 1.55 bits per heavy atom. The van der Waals surface area contributed by atoms with Crippen LogP contribution in [0.4, 0.5) is 0 Å². The summed E-state index contributed by atoms with van der Waals surface area (Å²) < 4.78 is 71.8. The van der Waals surface area contributed by atoms with E-state index in [9.17, 15) is 13.5 Å². The van der Waals surface area contributed by atoms with Crippen LogP contribution < -0.4 is 10.4 Å². The molecule has 2 aliphatic heterocycles. The molecule has 6 atom stereocenters. The van der Waals surface area contributed by atoms with Crippen molar-refractivity contribution in [3.63, 3.8) is 0 Å². The molecule has 5 rings (SSSR count). The third-order valence-electron chi connectivity index (χ3n) is 14.7. The Morgan fingerprint density at radius 2 is 1.12 bits per heavy atom. The van der Waals surface area contributed by atoms with E-state index in [0.29, 0.717) is 12.0 Å². The molecule has 2 heterocycles. The van der Waals surface area contributed by atoms with Gasteiger partial charge in [-0.3, -0.25) is 0 Å². The zero-order valence-corrected chi connectivity index (χ0v) is 46.7. The fourth-order valence-corrected chi connectivity index (χ4v) is 17.8. The number of hydrogen-bond acceptors (Lipinski definition) is 9. The van der Waals surface area contributed by atoms with Gasteiger partial charge in [0.15, 0.2) is 32.3 Å². The van der Waals surface area contributed by atoms with Crippen LogP contribution in [0.15, 0.2) is 108 Å². The van der Waals surface area contributed by atoms with Gasteiger partial charge in [-0.25, -0.2) is 8.42 Å². The van der Waals surface area contributed by atoms with Crippen LogP contribution in [0, 0.1) is 5.41 Å². The number of aliphatic hydroxyl groups is 1. The van der Waals surface area contributed by atoms with Gasteiger partial charge in [-0.1, -0.05) is 161 Å². The molecule has 2 fully saturated rings. The summed E-state index contributed by atoms with van der Waals surface area (Å²) in [5.41, 5.74) is -0.752. The second kappa shape index (κ2) is 18.9. The molecule has 3 aromatic rings. The minimum Gasteiger partial charge on any atom is -0.408 e. The van der Waals surface area contributed by atoms with E-state index >= 15 is 0 Å². The maximum absolute atomic E-state index is 14.5. The molecular weight excluding hydrogens is 885 g/mol. The number of benzene rings is 3. The zero-order valence-electron chi connectivity index (χ0n) is 42.9. The lowest BCUT2D eigenvalue weighted by Crippen LogP contribution is -2.70. The average Bonchev–Trinajstić information content (AvgIpc) is 3.44. The summed E-state index contributed by atoms with van der Waals surface area (Å²) in [5.74, 6) is -3.45. The molecule has 9 nitrogen and oxygen atoms in total. The first kappa shape index (κ1) is 53.7. The van der Waals surface area contributed by atoms with Gasteiger partial charge in [-0.2, -0.15) is 0 Å². The third kappa shape index (κ3) is 11.3. The lowest BCUT2D eigenvalue weighted by Gasteiger charge is -2.57. The first-order valence-electron chi connectivity index (χ1n) is 23.5. The lowest BCUT2D eigenvalue weighted by molar-refractivity contribution is -0.340. The van der Waals surface area contributed by atoms with Crippen LogP contribution in [0.5, 0.6) is 0 Å². The molecule has 1 N–H and O–H groups in total. The monoisotopic (exact) mass is 966 g/mol. The first-order chi connectivity index (χ1) is 29.6. The molecule has 1 unspecified atom stereocenters. The fourth-order valence-electron chi connectivity index (χ4n) is 8.91. The Hall–Kier alpha value is -2.28. The van der Waals surface area contributed by atoms with Crippen LogP contribution in [0.2, 0.25) is 41.3 Å². The standard InChI is InChI=1S/C52H82O9SSi3/c1-38-43(58-51(13,14)57-38)36-44-45(60-63(15,16)47(2,3)4)42(34-35-56-65(49(8,9)10,40-30-24-20-25-31-40)41-32-26-21-27-33-41)46(61-64(17,18)48(5,6)7)52(53,59-44)50(11,12)37-62(54,55)39-28-22-19-23-29-39/h19-34,38,43-46,53H,35-37H2,1-18H3/b42-34+/t38-,43-,44-,45+,46+,52?/m1/s1. The molecule has 0 spiro atoms. The van der Waals surface area contributed by atoms with E-state index in [2.05, 4.69) is 143 Å². The van der Waals surface area contributed by atoms with Gasteiger partial charge in [0.2, 0.25) is 5.79 Å². The molecule has 0 aromatic heterocycles. The molecule has 2 saturated heterocycles. The van der Waals surface area contributed by atoms with Gasteiger partial charge < -0.3 is 32.6 Å². The molecule has 0 saturated carbocycles. The summed E-state index contributed by atoms with van der Waals surface area (Å²) in [6, 6.07) is 29.5. The fraction of sp³-hybridized carbons (Fsp3) is 0.615. The summed E-state index contributed by atoms with van der Waals surface area (Å²) in [5, 5.41) is 15.4. The Labute approximate surface area is 396 Å². The highest BCUT2D eigenvalue weighted by Crippen LogP contribution is 2.52. The van der Waals surface area contributed by atoms with Crippen molar-refractivity contribution in [2.75, 3.05) is 12.4 Å². The maximum Gasteiger partial charge on any atom is 0.261 e. The number of ether oxygens (including phenoxy) is 3. The minimum absolute atomic E-state index is 0.162. The number of hydrogen-bond donors (Lipinski definition) is 1. The predicted molar refractivity (Wildman–Crippen MR) is 272 cm³/mol. The van der Waals surface area contributed by atoms with E-state index in [1.165, 1.54) is 0 Å². The molecule has 3 aromatic carbocycles. The number of rotatable bonds is 15. The van der Waals surface area contributed by atoms with Crippen molar-refractivity contribution >= 4 is 45.2 Å². The highest BCUT2D eigenvalue weighted by atomic mass is 32.2. The predicted octanol–water partition coefficient (Wildman–Crippen LogP) is 10.8. The lowest BCUT2D eigenvalue weighted by atomic mass is 9.75. The van der Waals surface area contributed by atoms with E-state index in [0.717, 1.165) is 10.4 Å². The molecule has 0 radical (unpaired) electrons. The van der Waals surface area contributed by atoms with Crippen LogP contribution in [0.1, 0.15) is 103 Å². The second-order valence-corrected chi connectivity index (χ2v) is 39.5. The third-order valence-corrected chi connectivity index (χ3v) is 30.6. The van der Waals surface area contributed by atoms with Gasteiger partial charge in [0.25, 0.3) is 8.32 Å². The Bertz CT molecular complexity index is 2150. The van der Waals surface area contributed by atoms with Crippen molar-refractivity contribution in [2.24, 2.45) is 5.41 Å². The largest absolute Gasteiger partial charge is 0.408 e. The second-order valence-electron chi connectivity index (χ2n) is 23.7.